The Balaban J connectivity index is 1.46. The van der Waals surface area contributed by atoms with Gasteiger partial charge in [0.05, 0.1) is 6.10 Å². The van der Waals surface area contributed by atoms with Crippen molar-refractivity contribution in [1.82, 2.24) is 9.88 Å². The van der Waals surface area contributed by atoms with Crippen molar-refractivity contribution in [3.05, 3.63) is 65.7 Å². The number of piperidine rings is 1. The van der Waals surface area contributed by atoms with Crippen molar-refractivity contribution in [3.63, 3.8) is 0 Å². The molecule has 1 N–H and O–H groups in total. The normalized spacial score (nSPS) is 18.0. The summed E-state index contributed by atoms with van der Waals surface area (Å²) in [5, 5.41) is 10.3. The molecule has 3 rings (SSSR count). The van der Waals surface area contributed by atoms with E-state index >= 15 is 0 Å². The van der Waals surface area contributed by atoms with E-state index < -0.39 is 6.10 Å². The molecular formula is C19H23FN2O. The van der Waals surface area contributed by atoms with Crippen LogP contribution in [-0.4, -0.2) is 34.6 Å². The second-order valence-electron chi connectivity index (χ2n) is 6.38. The van der Waals surface area contributed by atoms with Gasteiger partial charge in [-0.15, -0.1) is 0 Å². The fourth-order valence-electron chi connectivity index (χ4n) is 3.26. The van der Waals surface area contributed by atoms with Crippen LogP contribution in [0, 0.1) is 11.7 Å². The number of aromatic nitrogens is 1. The minimum Gasteiger partial charge on any atom is -0.387 e. The molecule has 1 aliphatic heterocycles. The van der Waals surface area contributed by atoms with Gasteiger partial charge in [0.25, 0.3) is 0 Å². The number of halogens is 1. The molecule has 0 unspecified atom stereocenters. The first-order valence-electron chi connectivity index (χ1n) is 8.25. The molecule has 0 amide bonds. The van der Waals surface area contributed by atoms with E-state index in [0.29, 0.717) is 12.5 Å². The topological polar surface area (TPSA) is 36.4 Å². The highest BCUT2D eigenvalue weighted by Crippen LogP contribution is 2.23. The largest absolute Gasteiger partial charge is 0.387 e. The first kappa shape index (κ1) is 16.1. The predicted octanol–water partition coefficient (Wildman–Crippen LogP) is 3.21. The van der Waals surface area contributed by atoms with Gasteiger partial charge in [-0.3, -0.25) is 4.98 Å². The van der Waals surface area contributed by atoms with Crippen LogP contribution in [0.25, 0.3) is 0 Å². The zero-order valence-corrected chi connectivity index (χ0v) is 13.2. The molecule has 3 nitrogen and oxygen atoms in total. The Labute approximate surface area is 136 Å². The van der Waals surface area contributed by atoms with Crippen LogP contribution in [0.5, 0.6) is 0 Å². The average Bonchev–Trinajstić information content (AvgIpc) is 2.58. The lowest BCUT2D eigenvalue weighted by Crippen LogP contribution is -2.37. The van der Waals surface area contributed by atoms with Crippen LogP contribution in [0.3, 0.4) is 0 Å². The maximum atomic E-state index is 12.9. The number of hydrogen-bond donors (Lipinski definition) is 1. The van der Waals surface area contributed by atoms with Gasteiger partial charge < -0.3 is 10.0 Å². The summed E-state index contributed by atoms with van der Waals surface area (Å²) in [6, 6.07) is 10.3. The minimum absolute atomic E-state index is 0.267. The van der Waals surface area contributed by atoms with E-state index in [1.54, 1.807) is 12.1 Å². The molecule has 0 radical (unpaired) electrons. The van der Waals surface area contributed by atoms with Crippen molar-refractivity contribution in [2.45, 2.75) is 25.4 Å². The molecule has 1 aliphatic rings. The number of hydrogen-bond acceptors (Lipinski definition) is 3. The van der Waals surface area contributed by atoms with Crippen molar-refractivity contribution in [2.75, 3.05) is 19.6 Å². The van der Waals surface area contributed by atoms with E-state index in [1.165, 1.54) is 17.7 Å². The molecule has 1 aromatic carbocycles. The third-order valence-corrected chi connectivity index (χ3v) is 4.64. The number of aliphatic hydroxyl groups is 1. The lowest BCUT2D eigenvalue weighted by molar-refractivity contribution is 0.0892. The SMILES string of the molecule is O[C@@H](CN1CCC(Cc2cccnc2)CC1)c1ccc(F)cc1. The van der Waals surface area contributed by atoms with Crippen molar-refractivity contribution in [1.29, 1.82) is 0 Å². The number of benzene rings is 1. The van der Waals surface area contributed by atoms with Crippen LogP contribution in [0.4, 0.5) is 4.39 Å². The Kier molecular flexibility index (Phi) is 5.36. The Hall–Kier alpha value is -1.78. The molecule has 2 heterocycles. The molecule has 2 aromatic rings. The van der Waals surface area contributed by atoms with Crippen LogP contribution >= 0.6 is 0 Å². The lowest BCUT2D eigenvalue weighted by atomic mass is 9.90. The van der Waals surface area contributed by atoms with Crippen LogP contribution in [0.1, 0.15) is 30.1 Å². The molecular weight excluding hydrogens is 291 g/mol. The summed E-state index contributed by atoms with van der Waals surface area (Å²) < 4.78 is 12.9. The number of aliphatic hydroxyl groups excluding tert-OH is 1. The van der Waals surface area contributed by atoms with Crippen LogP contribution in [-0.2, 0) is 6.42 Å². The Morgan fingerprint density at radius 1 is 1.17 bits per heavy atom. The maximum Gasteiger partial charge on any atom is 0.123 e. The summed E-state index contributed by atoms with van der Waals surface area (Å²) in [5.41, 5.74) is 2.08. The first-order chi connectivity index (χ1) is 11.2. The number of nitrogens with zero attached hydrogens (tertiary/aromatic N) is 2. The van der Waals surface area contributed by atoms with Gasteiger partial charge in [-0.1, -0.05) is 18.2 Å². The number of rotatable bonds is 5. The monoisotopic (exact) mass is 314 g/mol. The average molecular weight is 314 g/mol. The predicted molar refractivity (Wildman–Crippen MR) is 88.5 cm³/mol. The van der Waals surface area contributed by atoms with E-state index in [0.717, 1.165) is 37.9 Å². The molecule has 0 bridgehead atoms. The molecule has 122 valence electrons. The van der Waals surface area contributed by atoms with Crippen LogP contribution < -0.4 is 0 Å². The third-order valence-electron chi connectivity index (χ3n) is 4.64. The van der Waals surface area contributed by atoms with Gasteiger partial charge in [0.15, 0.2) is 0 Å². The first-order valence-corrected chi connectivity index (χ1v) is 8.25. The van der Waals surface area contributed by atoms with Gasteiger partial charge in [0, 0.05) is 18.9 Å². The summed E-state index contributed by atoms with van der Waals surface area (Å²) >= 11 is 0. The zero-order valence-electron chi connectivity index (χ0n) is 13.2. The zero-order chi connectivity index (χ0) is 16.1. The van der Waals surface area contributed by atoms with Gasteiger partial charge in [-0.2, -0.15) is 0 Å². The Morgan fingerprint density at radius 2 is 1.91 bits per heavy atom. The highest BCUT2D eigenvalue weighted by atomic mass is 19.1. The second-order valence-corrected chi connectivity index (χ2v) is 6.38. The minimum atomic E-state index is -0.550. The fraction of sp³-hybridized carbons (Fsp3) is 0.421. The molecule has 1 fully saturated rings. The third kappa shape index (κ3) is 4.60. The summed E-state index contributed by atoms with van der Waals surface area (Å²) in [4.78, 5) is 6.47. The molecule has 0 aliphatic carbocycles. The van der Waals surface area contributed by atoms with Crippen LogP contribution in [0.2, 0.25) is 0 Å². The highest BCUT2D eigenvalue weighted by molar-refractivity contribution is 5.18. The number of β-amino-alcohol motifs (C(OH)–C–C–N with tert-alkyl or cyclic N) is 1. The van der Waals surface area contributed by atoms with E-state index in [9.17, 15) is 9.50 Å². The summed E-state index contributed by atoms with van der Waals surface area (Å²) in [5.74, 6) is 0.426. The van der Waals surface area contributed by atoms with Crippen LogP contribution in [0.15, 0.2) is 48.8 Å². The maximum absolute atomic E-state index is 12.9. The van der Waals surface area contributed by atoms with E-state index in [4.69, 9.17) is 0 Å². The lowest BCUT2D eigenvalue weighted by Gasteiger charge is -2.33. The Morgan fingerprint density at radius 3 is 2.57 bits per heavy atom. The van der Waals surface area contributed by atoms with Gasteiger partial charge in [-0.25, -0.2) is 4.39 Å². The van der Waals surface area contributed by atoms with Crippen molar-refractivity contribution in [3.8, 4) is 0 Å². The smallest absolute Gasteiger partial charge is 0.123 e. The van der Waals surface area contributed by atoms with Crippen molar-refractivity contribution in [2.24, 2.45) is 5.92 Å². The molecule has 0 saturated carbocycles. The molecule has 1 atom stereocenters. The van der Waals surface area contributed by atoms with Gasteiger partial charge in [0.2, 0.25) is 0 Å². The van der Waals surface area contributed by atoms with E-state index in [2.05, 4.69) is 16.0 Å². The highest BCUT2D eigenvalue weighted by Gasteiger charge is 2.21. The Bertz CT molecular complexity index is 595. The van der Waals surface area contributed by atoms with Gasteiger partial charge >= 0.3 is 0 Å². The van der Waals surface area contributed by atoms with Gasteiger partial charge in [0.1, 0.15) is 5.82 Å². The second kappa shape index (κ2) is 7.66. The molecule has 23 heavy (non-hydrogen) atoms. The number of likely N-dealkylation sites (tertiary alicyclic amines) is 1. The summed E-state index contributed by atoms with van der Waals surface area (Å²) in [6.45, 7) is 2.62. The molecule has 1 saturated heterocycles. The summed E-state index contributed by atoms with van der Waals surface area (Å²) in [7, 11) is 0. The van der Waals surface area contributed by atoms with Gasteiger partial charge in [-0.05, 0) is 67.6 Å². The van der Waals surface area contributed by atoms with Crippen molar-refractivity contribution >= 4 is 0 Å². The standard InChI is InChI=1S/C19H23FN2O/c20-18-5-3-17(4-6-18)19(23)14-22-10-7-15(8-11-22)12-16-2-1-9-21-13-16/h1-6,9,13,15,19,23H,7-8,10-12,14H2/t19-/m0/s1. The van der Waals surface area contributed by atoms with E-state index in [-0.39, 0.29) is 5.82 Å². The molecule has 0 spiro atoms. The molecule has 4 heteroatoms. The van der Waals surface area contributed by atoms with E-state index in [1.807, 2.05) is 18.5 Å². The fourth-order valence-corrected chi connectivity index (χ4v) is 3.26. The van der Waals surface area contributed by atoms with Crippen molar-refractivity contribution < 1.29 is 9.50 Å². The number of pyridine rings is 1. The quantitative estimate of drug-likeness (QED) is 0.920. The summed E-state index contributed by atoms with van der Waals surface area (Å²) in [6.07, 6.45) is 6.58. The molecule has 1 aromatic heterocycles.